The van der Waals surface area contributed by atoms with E-state index in [1.165, 1.54) is 17.7 Å². The maximum Gasteiger partial charge on any atom is 0.261 e. The minimum atomic E-state index is -0.170. The third-order valence-electron chi connectivity index (χ3n) is 4.92. The smallest absolute Gasteiger partial charge is 0.261 e. The van der Waals surface area contributed by atoms with Gasteiger partial charge < -0.3 is 10.0 Å². The van der Waals surface area contributed by atoms with E-state index >= 15 is 0 Å². The first kappa shape index (κ1) is 16.1. The van der Waals surface area contributed by atoms with Gasteiger partial charge in [-0.3, -0.25) is 14.5 Å². The second-order valence-electron chi connectivity index (χ2n) is 6.36. The van der Waals surface area contributed by atoms with E-state index < -0.39 is 0 Å². The lowest BCUT2D eigenvalue weighted by molar-refractivity contribution is 0.0635. The molecule has 0 aliphatic carbocycles. The highest BCUT2D eigenvalue weighted by molar-refractivity contribution is 6.21. The fraction of sp³-hybridized carbons (Fsp3) is 0.556. The van der Waals surface area contributed by atoms with Crippen LogP contribution >= 0.6 is 0 Å². The van der Waals surface area contributed by atoms with E-state index in [1.54, 1.807) is 24.3 Å². The summed E-state index contributed by atoms with van der Waals surface area (Å²) in [4.78, 5) is 28.4. The summed E-state index contributed by atoms with van der Waals surface area (Å²) in [5, 5.41) is 9.18. The number of hydrogen-bond acceptors (Lipinski definition) is 4. The molecule has 0 radical (unpaired) electrons. The number of fused-ring (bicyclic) bond motifs is 1. The molecule has 2 amide bonds. The molecule has 1 unspecified atom stereocenters. The number of imide groups is 1. The van der Waals surface area contributed by atoms with Crippen molar-refractivity contribution < 1.29 is 14.7 Å². The molecule has 2 aliphatic rings. The van der Waals surface area contributed by atoms with Crippen molar-refractivity contribution in [3.63, 3.8) is 0 Å². The van der Waals surface area contributed by atoms with Gasteiger partial charge in [-0.2, -0.15) is 0 Å². The molecule has 124 valence electrons. The molecule has 3 rings (SSSR count). The molecule has 1 aromatic carbocycles. The van der Waals surface area contributed by atoms with Gasteiger partial charge in [-0.25, -0.2) is 0 Å². The topological polar surface area (TPSA) is 60.9 Å². The zero-order chi connectivity index (χ0) is 16.2. The highest BCUT2D eigenvalue weighted by Crippen LogP contribution is 2.23. The van der Waals surface area contributed by atoms with E-state index in [2.05, 4.69) is 4.90 Å². The van der Waals surface area contributed by atoms with Gasteiger partial charge in [0.25, 0.3) is 11.8 Å². The van der Waals surface area contributed by atoms with E-state index in [0.29, 0.717) is 23.7 Å². The molecule has 0 spiro atoms. The van der Waals surface area contributed by atoms with Crippen molar-refractivity contribution in [1.29, 1.82) is 0 Å². The standard InChI is InChI=1S/C18H24N2O3/c21-13-9-14-6-3-4-10-19(14)11-5-12-20-17(22)15-7-1-2-8-16(15)18(20)23/h1-2,7-8,14,21H,3-6,9-13H2. The van der Waals surface area contributed by atoms with Crippen molar-refractivity contribution >= 4 is 11.8 Å². The van der Waals surface area contributed by atoms with Crippen molar-refractivity contribution in [3.8, 4) is 0 Å². The number of aliphatic hydroxyl groups excluding tert-OH is 1. The molecule has 1 atom stereocenters. The number of benzene rings is 1. The van der Waals surface area contributed by atoms with Crippen LogP contribution in [0.2, 0.25) is 0 Å². The number of carbonyl (C=O) groups is 2. The summed E-state index contributed by atoms with van der Waals surface area (Å²) >= 11 is 0. The fourth-order valence-electron chi connectivity index (χ4n) is 3.70. The van der Waals surface area contributed by atoms with Gasteiger partial charge in [-0.15, -0.1) is 0 Å². The number of piperidine rings is 1. The second kappa shape index (κ2) is 7.23. The Morgan fingerprint density at radius 2 is 1.74 bits per heavy atom. The Kier molecular flexibility index (Phi) is 5.08. The molecule has 5 heteroatoms. The number of rotatable bonds is 6. The molecule has 1 N–H and O–H groups in total. The van der Waals surface area contributed by atoms with Crippen LogP contribution in [0.25, 0.3) is 0 Å². The van der Waals surface area contributed by atoms with E-state index in [4.69, 9.17) is 0 Å². The zero-order valence-corrected chi connectivity index (χ0v) is 13.4. The zero-order valence-electron chi connectivity index (χ0n) is 13.4. The summed E-state index contributed by atoms with van der Waals surface area (Å²) in [7, 11) is 0. The largest absolute Gasteiger partial charge is 0.396 e. The average molecular weight is 316 g/mol. The molecule has 5 nitrogen and oxygen atoms in total. The first-order valence-electron chi connectivity index (χ1n) is 8.52. The summed E-state index contributed by atoms with van der Waals surface area (Å²) in [5.41, 5.74) is 1.04. The Morgan fingerprint density at radius 3 is 2.39 bits per heavy atom. The van der Waals surface area contributed by atoms with Crippen LogP contribution < -0.4 is 0 Å². The molecule has 1 saturated heterocycles. The second-order valence-corrected chi connectivity index (χ2v) is 6.36. The maximum absolute atomic E-state index is 12.3. The fourth-order valence-corrected chi connectivity index (χ4v) is 3.70. The van der Waals surface area contributed by atoms with Gasteiger partial charge in [-0.1, -0.05) is 18.6 Å². The molecule has 1 fully saturated rings. The van der Waals surface area contributed by atoms with Gasteiger partial charge in [0.2, 0.25) is 0 Å². The van der Waals surface area contributed by atoms with E-state index in [-0.39, 0.29) is 18.4 Å². The minimum Gasteiger partial charge on any atom is -0.396 e. The Hall–Kier alpha value is -1.72. The lowest BCUT2D eigenvalue weighted by Gasteiger charge is -2.35. The van der Waals surface area contributed by atoms with Crippen LogP contribution in [0.3, 0.4) is 0 Å². The Bertz CT molecular complexity index is 550. The first-order valence-corrected chi connectivity index (χ1v) is 8.52. The highest BCUT2D eigenvalue weighted by atomic mass is 16.3. The lowest BCUT2D eigenvalue weighted by Crippen LogP contribution is -2.42. The lowest BCUT2D eigenvalue weighted by atomic mass is 9.99. The van der Waals surface area contributed by atoms with Crippen molar-refractivity contribution in [2.75, 3.05) is 26.2 Å². The Labute approximate surface area is 136 Å². The molecule has 0 saturated carbocycles. The van der Waals surface area contributed by atoms with Crippen LogP contribution in [0.15, 0.2) is 24.3 Å². The highest BCUT2D eigenvalue weighted by Gasteiger charge is 2.34. The number of aliphatic hydroxyl groups is 1. The minimum absolute atomic E-state index is 0.170. The predicted octanol–water partition coefficient (Wildman–Crippen LogP) is 1.91. The summed E-state index contributed by atoms with van der Waals surface area (Å²) < 4.78 is 0. The van der Waals surface area contributed by atoms with Gasteiger partial charge in [0.15, 0.2) is 0 Å². The summed E-state index contributed by atoms with van der Waals surface area (Å²) in [6.45, 7) is 2.61. The van der Waals surface area contributed by atoms with Gasteiger partial charge in [0.1, 0.15) is 0 Å². The average Bonchev–Trinajstić information content (AvgIpc) is 2.82. The molecular weight excluding hydrogens is 292 g/mol. The molecule has 2 heterocycles. The van der Waals surface area contributed by atoms with Gasteiger partial charge in [-0.05, 0) is 44.4 Å². The van der Waals surface area contributed by atoms with Crippen LogP contribution in [0.4, 0.5) is 0 Å². The SMILES string of the molecule is O=C1c2ccccc2C(=O)N1CCCN1CCCCC1CCO. The van der Waals surface area contributed by atoms with Crippen molar-refractivity contribution in [1.82, 2.24) is 9.80 Å². The number of hydrogen-bond donors (Lipinski definition) is 1. The van der Waals surface area contributed by atoms with Crippen molar-refractivity contribution in [3.05, 3.63) is 35.4 Å². The van der Waals surface area contributed by atoms with Gasteiger partial charge in [0.05, 0.1) is 11.1 Å². The summed E-state index contributed by atoms with van der Waals surface area (Å²) in [5.74, 6) is -0.340. The monoisotopic (exact) mass is 316 g/mol. The van der Waals surface area contributed by atoms with Crippen LogP contribution in [-0.2, 0) is 0 Å². The number of likely N-dealkylation sites (tertiary alicyclic amines) is 1. The van der Waals surface area contributed by atoms with E-state index in [1.807, 2.05) is 0 Å². The summed E-state index contributed by atoms with van der Waals surface area (Å²) in [6.07, 6.45) is 5.14. The number of carbonyl (C=O) groups excluding carboxylic acids is 2. The molecular formula is C18H24N2O3. The van der Waals surface area contributed by atoms with Crippen LogP contribution in [-0.4, -0.2) is 59.0 Å². The summed E-state index contributed by atoms with van der Waals surface area (Å²) in [6, 6.07) is 7.46. The molecule has 2 aliphatic heterocycles. The van der Waals surface area contributed by atoms with E-state index in [0.717, 1.165) is 32.4 Å². The van der Waals surface area contributed by atoms with Gasteiger partial charge >= 0.3 is 0 Å². The molecule has 1 aromatic rings. The Balaban J connectivity index is 1.55. The number of nitrogens with zero attached hydrogens (tertiary/aromatic N) is 2. The number of amides is 2. The van der Waals surface area contributed by atoms with Crippen molar-refractivity contribution in [2.45, 2.75) is 38.1 Å². The van der Waals surface area contributed by atoms with Crippen LogP contribution in [0.5, 0.6) is 0 Å². The molecule has 0 bridgehead atoms. The Morgan fingerprint density at radius 1 is 1.04 bits per heavy atom. The van der Waals surface area contributed by atoms with Crippen LogP contribution in [0, 0.1) is 0 Å². The quantitative estimate of drug-likeness (QED) is 0.815. The predicted molar refractivity (Wildman–Crippen MR) is 87.3 cm³/mol. The normalized spacial score (nSPS) is 21.8. The molecule has 23 heavy (non-hydrogen) atoms. The van der Waals surface area contributed by atoms with Crippen molar-refractivity contribution in [2.24, 2.45) is 0 Å². The third-order valence-corrected chi connectivity index (χ3v) is 4.92. The van der Waals surface area contributed by atoms with Crippen LogP contribution in [0.1, 0.15) is 52.8 Å². The maximum atomic E-state index is 12.3. The van der Waals surface area contributed by atoms with Gasteiger partial charge in [0, 0.05) is 25.7 Å². The van der Waals surface area contributed by atoms with E-state index in [9.17, 15) is 14.7 Å². The third kappa shape index (κ3) is 3.31. The molecule has 0 aromatic heterocycles. The first-order chi connectivity index (χ1) is 11.2.